The number of hydrogen-bond donors (Lipinski definition) is 0. The molecule has 0 radical (unpaired) electrons. The summed E-state index contributed by atoms with van der Waals surface area (Å²) >= 11 is 0. The zero-order valence-corrected chi connectivity index (χ0v) is 12.1. The van der Waals surface area contributed by atoms with Gasteiger partial charge in [0.2, 0.25) is 0 Å². The smallest absolute Gasteiger partial charge is 0.251 e. The van der Waals surface area contributed by atoms with Gasteiger partial charge in [0.05, 0.1) is 12.6 Å². The van der Waals surface area contributed by atoms with E-state index in [1.165, 1.54) is 12.8 Å². The van der Waals surface area contributed by atoms with Crippen LogP contribution in [0.3, 0.4) is 0 Å². The second-order valence-corrected chi connectivity index (χ2v) is 5.99. The van der Waals surface area contributed by atoms with Crippen molar-refractivity contribution in [2.24, 2.45) is 5.92 Å². The molecule has 5 heteroatoms. The van der Waals surface area contributed by atoms with Crippen LogP contribution >= 0.6 is 0 Å². The highest BCUT2D eigenvalue weighted by Crippen LogP contribution is 2.29. The molecule has 2 fully saturated rings. The molecule has 1 aliphatic heterocycles. The first-order valence-electron chi connectivity index (χ1n) is 7.63. The molecule has 0 spiro atoms. The first-order valence-corrected chi connectivity index (χ1v) is 7.63. The van der Waals surface area contributed by atoms with Gasteiger partial charge in [0.15, 0.2) is 0 Å². The number of carbonyl (C=O) groups is 1. The molecule has 2 atom stereocenters. The lowest BCUT2D eigenvalue weighted by atomic mass is 10.1. The standard InChI is InChI=1S/C15H23N3O2/c1-12(20-11-13-5-6-13)15(19)17-8-2-4-14(10-17)18-9-3-7-16-18/h3,7,9,12-14H,2,4-6,8,10-11H2,1H3/t12-,14-/m0/s1. The summed E-state index contributed by atoms with van der Waals surface area (Å²) in [5.41, 5.74) is 0. The van der Waals surface area contributed by atoms with Crippen LogP contribution < -0.4 is 0 Å². The number of aromatic nitrogens is 2. The van der Waals surface area contributed by atoms with Crippen LogP contribution in [-0.4, -0.2) is 46.4 Å². The lowest BCUT2D eigenvalue weighted by Gasteiger charge is -2.34. The molecular weight excluding hydrogens is 254 g/mol. The second-order valence-electron chi connectivity index (χ2n) is 5.99. The Bertz CT molecular complexity index is 442. The Morgan fingerprint density at radius 3 is 3.00 bits per heavy atom. The molecule has 1 aliphatic carbocycles. The van der Waals surface area contributed by atoms with E-state index in [0.29, 0.717) is 12.0 Å². The molecule has 2 aliphatic rings. The number of likely N-dealkylation sites (tertiary alicyclic amines) is 1. The van der Waals surface area contributed by atoms with Gasteiger partial charge < -0.3 is 9.64 Å². The van der Waals surface area contributed by atoms with Crippen LogP contribution in [0.5, 0.6) is 0 Å². The summed E-state index contributed by atoms with van der Waals surface area (Å²) in [5.74, 6) is 0.825. The van der Waals surface area contributed by atoms with E-state index in [2.05, 4.69) is 5.10 Å². The van der Waals surface area contributed by atoms with Crippen LogP contribution in [0.25, 0.3) is 0 Å². The van der Waals surface area contributed by atoms with Gasteiger partial charge >= 0.3 is 0 Å². The van der Waals surface area contributed by atoms with E-state index >= 15 is 0 Å². The molecule has 1 saturated carbocycles. The summed E-state index contributed by atoms with van der Waals surface area (Å²) in [7, 11) is 0. The molecule has 0 unspecified atom stereocenters. The van der Waals surface area contributed by atoms with Gasteiger partial charge in [-0.3, -0.25) is 9.48 Å². The first-order chi connectivity index (χ1) is 9.74. The van der Waals surface area contributed by atoms with Crippen molar-refractivity contribution in [3.63, 3.8) is 0 Å². The van der Waals surface area contributed by atoms with Crippen molar-refractivity contribution in [2.45, 2.75) is 44.8 Å². The predicted molar refractivity (Wildman–Crippen MR) is 75.2 cm³/mol. The minimum absolute atomic E-state index is 0.127. The second kappa shape index (κ2) is 5.95. The van der Waals surface area contributed by atoms with Gasteiger partial charge in [-0.05, 0) is 44.6 Å². The Hall–Kier alpha value is -1.36. The first kappa shape index (κ1) is 13.6. The largest absolute Gasteiger partial charge is 0.368 e. The molecule has 0 aromatic carbocycles. The number of amides is 1. The van der Waals surface area contributed by atoms with Crippen LogP contribution in [0, 0.1) is 5.92 Å². The Kier molecular flexibility index (Phi) is 4.05. The van der Waals surface area contributed by atoms with Crippen molar-refractivity contribution in [3.05, 3.63) is 18.5 Å². The predicted octanol–water partition coefficient (Wildman–Crippen LogP) is 1.86. The van der Waals surface area contributed by atoms with Crippen molar-refractivity contribution >= 4 is 5.91 Å². The fraction of sp³-hybridized carbons (Fsp3) is 0.733. The lowest BCUT2D eigenvalue weighted by Crippen LogP contribution is -2.45. The van der Waals surface area contributed by atoms with Crippen LogP contribution in [0.2, 0.25) is 0 Å². The summed E-state index contributed by atoms with van der Waals surface area (Å²) in [6, 6.07) is 2.24. The summed E-state index contributed by atoms with van der Waals surface area (Å²) in [6.07, 6.45) is 8.09. The molecule has 0 bridgehead atoms. The lowest BCUT2D eigenvalue weighted by molar-refractivity contribution is -0.144. The van der Waals surface area contributed by atoms with E-state index in [9.17, 15) is 4.79 Å². The topological polar surface area (TPSA) is 47.4 Å². The maximum atomic E-state index is 12.4. The normalized spacial score (nSPS) is 24.6. The molecule has 0 N–H and O–H groups in total. The molecule has 5 nitrogen and oxygen atoms in total. The van der Waals surface area contributed by atoms with Crippen molar-refractivity contribution in [3.8, 4) is 0 Å². The fourth-order valence-corrected chi connectivity index (χ4v) is 2.76. The zero-order valence-electron chi connectivity index (χ0n) is 12.1. The Balaban J connectivity index is 1.53. The number of carbonyl (C=O) groups excluding carboxylic acids is 1. The maximum absolute atomic E-state index is 12.4. The average molecular weight is 277 g/mol. The zero-order chi connectivity index (χ0) is 13.9. The summed E-state index contributed by atoms with van der Waals surface area (Å²) < 4.78 is 7.66. The van der Waals surface area contributed by atoms with Crippen LogP contribution in [0.15, 0.2) is 18.5 Å². The van der Waals surface area contributed by atoms with Gasteiger partial charge in [0, 0.05) is 25.5 Å². The van der Waals surface area contributed by atoms with Crippen molar-refractivity contribution in [1.82, 2.24) is 14.7 Å². The highest BCUT2D eigenvalue weighted by Gasteiger charge is 2.29. The van der Waals surface area contributed by atoms with Crippen LogP contribution in [0.1, 0.15) is 38.6 Å². The highest BCUT2D eigenvalue weighted by molar-refractivity contribution is 5.80. The van der Waals surface area contributed by atoms with E-state index in [0.717, 1.165) is 32.5 Å². The van der Waals surface area contributed by atoms with Gasteiger partial charge in [-0.25, -0.2) is 0 Å². The number of hydrogen-bond acceptors (Lipinski definition) is 3. The van der Waals surface area contributed by atoms with Crippen LogP contribution in [0.4, 0.5) is 0 Å². The van der Waals surface area contributed by atoms with Gasteiger partial charge in [-0.2, -0.15) is 5.10 Å². The van der Waals surface area contributed by atoms with Gasteiger partial charge in [0.25, 0.3) is 5.91 Å². The summed E-state index contributed by atoms with van der Waals surface area (Å²) in [6.45, 7) is 4.21. The highest BCUT2D eigenvalue weighted by atomic mass is 16.5. The summed E-state index contributed by atoms with van der Waals surface area (Å²) in [5, 5.41) is 4.29. The monoisotopic (exact) mass is 277 g/mol. The molecule has 20 heavy (non-hydrogen) atoms. The molecule has 110 valence electrons. The third-order valence-electron chi connectivity index (χ3n) is 4.23. The van der Waals surface area contributed by atoms with Crippen molar-refractivity contribution in [2.75, 3.05) is 19.7 Å². The quantitative estimate of drug-likeness (QED) is 0.825. The third kappa shape index (κ3) is 3.20. The minimum atomic E-state index is -0.313. The fourth-order valence-electron chi connectivity index (χ4n) is 2.76. The Labute approximate surface area is 119 Å². The number of rotatable bonds is 5. The third-order valence-corrected chi connectivity index (χ3v) is 4.23. The van der Waals surface area contributed by atoms with Crippen molar-refractivity contribution < 1.29 is 9.53 Å². The van der Waals surface area contributed by atoms with Gasteiger partial charge in [0.1, 0.15) is 6.10 Å². The molecule has 1 aromatic rings. The maximum Gasteiger partial charge on any atom is 0.251 e. The molecule has 1 aromatic heterocycles. The van der Waals surface area contributed by atoms with Crippen LogP contribution in [-0.2, 0) is 9.53 Å². The molecule has 1 amide bonds. The molecule has 1 saturated heterocycles. The van der Waals surface area contributed by atoms with E-state index in [1.54, 1.807) is 6.20 Å². The van der Waals surface area contributed by atoms with E-state index < -0.39 is 0 Å². The van der Waals surface area contributed by atoms with E-state index in [1.807, 2.05) is 28.8 Å². The SMILES string of the molecule is C[C@H](OCC1CC1)C(=O)N1CCC[C@H](n2cccn2)C1. The average Bonchev–Trinajstić information content (AvgIpc) is 3.15. The van der Waals surface area contributed by atoms with Crippen molar-refractivity contribution in [1.29, 1.82) is 0 Å². The van der Waals surface area contributed by atoms with E-state index in [-0.39, 0.29) is 12.0 Å². The summed E-state index contributed by atoms with van der Waals surface area (Å²) in [4.78, 5) is 14.4. The molecule has 2 heterocycles. The number of piperidine rings is 1. The Morgan fingerprint density at radius 2 is 2.30 bits per heavy atom. The van der Waals surface area contributed by atoms with Gasteiger partial charge in [-0.15, -0.1) is 0 Å². The molecular formula is C15H23N3O2. The van der Waals surface area contributed by atoms with E-state index in [4.69, 9.17) is 4.74 Å². The Morgan fingerprint density at radius 1 is 1.45 bits per heavy atom. The van der Waals surface area contributed by atoms with Gasteiger partial charge in [-0.1, -0.05) is 0 Å². The minimum Gasteiger partial charge on any atom is -0.368 e. The molecule has 3 rings (SSSR count). The number of ether oxygens (including phenoxy) is 1. The number of nitrogens with zero attached hydrogens (tertiary/aromatic N) is 3.